The second-order valence-corrected chi connectivity index (χ2v) is 6.29. The second-order valence-electron chi connectivity index (χ2n) is 5.04. The summed E-state index contributed by atoms with van der Waals surface area (Å²) in [6.45, 7) is 7.88. The SMILES string of the molecule is CCNC(C)C1(Cc2ccc(CC)s2)CC1. The number of hydrogen-bond donors (Lipinski definition) is 1. The summed E-state index contributed by atoms with van der Waals surface area (Å²) in [5.74, 6) is 0. The van der Waals surface area contributed by atoms with Crippen LogP contribution in [0.4, 0.5) is 0 Å². The molecular formula is C14H23NS. The van der Waals surface area contributed by atoms with Crippen molar-refractivity contribution in [1.29, 1.82) is 0 Å². The second kappa shape index (κ2) is 4.89. The number of aryl methyl sites for hydroxylation is 1. The lowest BCUT2D eigenvalue weighted by Crippen LogP contribution is -2.35. The molecule has 1 unspecified atom stereocenters. The van der Waals surface area contributed by atoms with Crippen LogP contribution in [-0.2, 0) is 12.8 Å². The molecule has 1 aromatic rings. The molecule has 0 saturated heterocycles. The fourth-order valence-electron chi connectivity index (χ4n) is 2.50. The zero-order valence-corrected chi connectivity index (χ0v) is 11.5. The summed E-state index contributed by atoms with van der Waals surface area (Å²) in [5, 5.41) is 3.59. The van der Waals surface area contributed by atoms with Gasteiger partial charge in [-0.2, -0.15) is 0 Å². The van der Waals surface area contributed by atoms with Crippen molar-refractivity contribution >= 4 is 11.3 Å². The van der Waals surface area contributed by atoms with Gasteiger partial charge in [0.2, 0.25) is 0 Å². The quantitative estimate of drug-likeness (QED) is 0.796. The Morgan fingerprint density at radius 3 is 2.50 bits per heavy atom. The van der Waals surface area contributed by atoms with Gasteiger partial charge in [-0.15, -0.1) is 11.3 Å². The molecule has 0 bridgehead atoms. The highest BCUT2D eigenvalue weighted by atomic mass is 32.1. The molecule has 1 heterocycles. The minimum absolute atomic E-state index is 0.575. The molecule has 1 aromatic heterocycles. The van der Waals surface area contributed by atoms with Crippen LogP contribution in [0.25, 0.3) is 0 Å². The Hall–Kier alpha value is -0.340. The van der Waals surface area contributed by atoms with E-state index in [0.717, 1.165) is 6.54 Å². The van der Waals surface area contributed by atoms with E-state index in [1.807, 2.05) is 11.3 Å². The molecule has 1 atom stereocenters. The van der Waals surface area contributed by atoms with Gasteiger partial charge in [0.1, 0.15) is 0 Å². The van der Waals surface area contributed by atoms with Gasteiger partial charge in [0.05, 0.1) is 0 Å². The maximum absolute atomic E-state index is 3.59. The lowest BCUT2D eigenvalue weighted by molar-refractivity contribution is 0.357. The van der Waals surface area contributed by atoms with E-state index in [9.17, 15) is 0 Å². The molecule has 1 N–H and O–H groups in total. The van der Waals surface area contributed by atoms with Gasteiger partial charge in [0.25, 0.3) is 0 Å². The van der Waals surface area contributed by atoms with Crippen LogP contribution in [0.5, 0.6) is 0 Å². The van der Waals surface area contributed by atoms with Crippen LogP contribution in [0.3, 0.4) is 0 Å². The minimum Gasteiger partial charge on any atom is -0.314 e. The van der Waals surface area contributed by atoms with E-state index in [1.165, 1.54) is 30.6 Å². The highest BCUT2D eigenvalue weighted by Gasteiger charge is 2.46. The Balaban J connectivity index is 1.98. The summed E-state index contributed by atoms with van der Waals surface area (Å²) in [7, 11) is 0. The number of rotatable bonds is 6. The molecule has 0 spiro atoms. The molecule has 16 heavy (non-hydrogen) atoms. The molecule has 1 aliphatic rings. The van der Waals surface area contributed by atoms with Crippen molar-refractivity contribution in [2.45, 2.75) is 52.5 Å². The maximum atomic E-state index is 3.59. The molecule has 0 aromatic carbocycles. The number of nitrogens with one attached hydrogen (secondary N) is 1. The third-order valence-electron chi connectivity index (χ3n) is 3.91. The smallest absolute Gasteiger partial charge is 0.00985 e. The van der Waals surface area contributed by atoms with E-state index < -0.39 is 0 Å². The molecule has 1 saturated carbocycles. The first-order valence-electron chi connectivity index (χ1n) is 6.51. The lowest BCUT2D eigenvalue weighted by atomic mass is 9.93. The third kappa shape index (κ3) is 2.49. The fraction of sp³-hybridized carbons (Fsp3) is 0.714. The molecule has 0 amide bonds. The van der Waals surface area contributed by atoms with Crippen molar-refractivity contribution < 1.29 is 0 Å². The highest BCUT2D eigenvalue weighted by molar-refractivity contribution is 7.11. The van der Waals surface area contributed by atoms with Gasteiger partial charge in [-0.3, -0.25) is 0 Å². The fourth-order valence-corrected chi connectivity index (χ4v) is 3.61. The van der Waals surface area contributed by atoms with Gasteiger partial charge >= 0.3 is 0 Å². The van der Waals surface area contributed by atoms with E-state index in [0.29, 0.717) is 11.5 Å². The van der Waals surface area contributed by atoms with Crippen LogP contribution in [0.15, 0.2) is 12.1 Å². The zero-order chi connectivity index (χ0) is 11.6. The molecule has 1 nitrogen and oxygen atoms in total. The van der Waals surface area contributed by atoms with Crippen LogP contribution in [0, 0.1) is 5.41 Å². The van der Waals surface area contributed by atoms with E-state index in [2.05, 4.69) is 38.2 Å². The summed E-state index contributed by atoms with van der Waals surface area (Å²) in [6, 6.07) is 5.31. The predicted molar refractivity (Wildman–Crippen MR) is 72.2 cm³/mol. The first kappa shape index (κ1) is 12.1. The molecule has 0 radical (unpaired) electrons. The van der Waals surface area contributed by atoms with Gasteiger partial charge in [-0.1, -0.05) is 13.8 Å². The van der Waals surface area contributed by atoms with Crippen LogP contribution in [-0.4, -0.2) is 12.6 Å². The van der Waals surface area contributed by atoms with Gasteiger partial charge in [-0.05, 0) is 56.7 Å². The Kier molecular flexibility index (Phi) is 3.70. The first-order valence-corrected chi connectivity index (χ1v) is 7.33. The van der Waals surface area contributed by atoms with E-state index in [1.54, 1.807) is 4.88 Å². The van der Waals surface area contributed by atoms with Gasteiger partial charge in [0.15, 0.2) is 0 Å². The summed E-state index contributed by atoms with van der Waals surface area (Å²) in [4.78, 5) is 3.11. The molecule has 90 valence electrons. The molecule has 2 heteroatoms. The number of hydrogen-bond acceptors (Lipinski definition) is 2. The highest BCUT2D eigenvalue weighted by Crippen LogP contribution is 2.51. The summed E-state index contributed by atoms with van der Waals surface area (Å²) in [5.41, 5.74) is 0.575. The largest absolute Gasteiger partial charge is 0.314 e. The normalized spacial score (nSPS) is 19.7. The molecular weight excluding hydrogens is 214 g/mol. The molecule has 1 aliphatic carbocycles. The van der Waals surface area contributed by atoms with Crippen molar-refractivity contribution in [2.75, 3.05) is 6.54 Å². The minimum atomic E-state index is 0.575. The van der Waals surface area contributed by atoms with Crippen LogP contribution in [0.1, 0.15) is 43.4 Å². The topological polar surface area (TPSA) is 12.0 Å². The average Bonchev–Trinajstić information content (AvgIpc) is 2.91. The van der Waals surface area contributed by atoms with Crippen molar-refractivity contribution in [2.24, 2.45) is 5.41 Å². The van der Waals surface area contributed by atoms with E-state index in [-0.39, 0.29) is 0 Å². The molecule has 2 rings (SSSR count). The Morgan fingerprint density at radius 1 is 1.31 bits per heavy atom. The van der Waals surface area contributed by atoms with Crippen molar-refractivity contribution in [3.63, 3.8) is 0 Å². The van der Waals surface area contributed by atoms with E-state index >= 15 is 0 Å². The summed E-state index contributed by atoms with van der Waals surface area (Å²) in [6.07, 6.45) is 5.27. The van der Waals surface area contributed by atoms with Crippen molar-refractivity contribution in [3.05, 3.63) is 21.9 Å². The first-order chi connectivity index (χ1) is 7.70. The van der Waals surface area contributed by atoms with Crippen molar-refractivity contribution in [1.82, 2.24) is 5.32 Å². The summed E-state index contributed by atoms with van der Waals surface area (Å²) < 4.78 is 0. The van der Waals surface area contributed by atoms with Crippen LogP contribution >= 0.6 is 11.3 Å². The van der Waals surface area contributed by atoms with Crippen LogP contribution in [0.2, 0.25) is 0 Å². The van der Waals surface area contributed by atoms with Crippen molar-refractivity contribution in [3.8, 4) is 0 Å². The van der Waals surface area contributed by atoms with Gasteiger partial charge in [-0.25, -0.2) is 0 Å². The average molecular weight is 237 g/mol. The Morgan fingerprint density at radius 2 is 2.00 bits per heavy atom. The monoisotopic (exact) mass is 237 g/mol. The molecule has 1 fully saturated rings. The standard InChI is InChI=1S/C14H23NS/c1-4-12-6-7-13(16-12)10-14(8-9-14)11(3)15-5-2/h6-7,11,15H,4-5,8-10H2,1-3H3. The van der Waals surface area contributed by atoms with Gasteiger partial charge < -0.3 is 5.32 Å². The third-order valence-corrected chi connectivity index (χ3v) is 5.14. The Bertz CT molecular complexity index is 338. The van der Waals surface area contributed by atoms with Gasteiger partial charge in [0, 0.05) is 15.8 Å². The summed E-state index contributed by atoms with van der Waals surface area (Å²) >= 11 is 2.01. The number of thiophene rings is 1. The lowest BCUT2D eigenvalue weighted by Gasteiger charge is -2.23. The zero-order valence-electron chi connectivity index (χ0n) is 10.7. The predicted octanol–water partition coefficient (Wildman–Crippen LogP) is 3.63. The Labute approximate surface area is 103 Å². The maximum Gasteiger partial charge on any atom is 0.00985 e. The van der Waals surface area contributed by atoms with E-state index in [4.69, 9.17) is 0 Å². The molecule has 0 aliphatic heterocycles. The van der Waals surface area contributed by atoms with Crippen LogP contribution < -0.4 is 5.32 Å².